The van der Waals surface area contributed by atoms with Crippen LogP contribution in [0, 0.1) is 6.92 Å². The number of rotatable bonds is 2. The SMILES string of the molecule is Cc1ccc(-c2nnc(N(C)C)s2)cn1. The van der Waals surface area contributed by atoms with Gasteiger partial charge in [0.25, 0.3) is 0 Å². The maximum absolute atomic E-state index is 4.23. The summed E-state index contributed by atoms with van der Waals surface area (Å²) in [6.45, 7) is 1.97. The van der Waals surface area contributed by atoms with Gasteiger partial charge in [-0.25, -0.2) is 0 Å². The van der Waals surface area contributed by atoms with Gasteiger partial charge in [-0.2, -0.15) is 0 Å². The lowest BCUT2D eigenvalue weighted by Gasteiger charge is -2.03. The summed E-state index contributed by atoms with van der Waals surface area (Å²) in [6.07, 6.45) is 1.83. The number of aryl methyl sites for hydroxylation is 1. The molecule has 0 fully saturated rings. The molecule has 0 bridgehead atoms. The fourth-order valence-corrected chi connectivity index (χ4v) is 1.86. The molecule has 78 valence electrons. The summed E-state index contributed by atoms with van der Waals surface area (Å²) >= 11 is 1.56. The van der Waals surface area contributed by atoms with Crippen molar-refractivity contribution in [3.8, 4) is 10.6 Å². The van der Waals surface area contributed by atoms with Crippen molar-refractivity contribution in [2.45, 2.75) is 6.92 Å². The van der Waals surface area contributed by atoms with Crippen molar-refractivity contribution in [1.82, 2.24) is 15.2 Å². The van der Waals surface area contributed by atoms with E-state index < -0.39 is 0 Å². The lowest BCUT2D eigenvalue weighted by Crippen LogP contribution is -2.07. The van der Waals surface area contributed by atoms with E-state index in [4.69, 9.17) is 0 Å². The van der Waals surface area contributed by atoms with Gasteiger partial charge >= 0.3 is 0 Å². The maximum Gasteiger partial charge on any atom is 0.208 e. The van der Waals surface area contributed by atoms with Crippen LogP contribution in [-0.2, 0) is 0 Å². The third kappa shape index (κ3) is 2.12. The molecule has 2 aromatic heterocycles. The van der Waals surface area contributed by atoms with Crippen LogP contribution >= 0.6 is 11.3 Å². The summed E-state index contributed by atoms with van der Waals surface area (Å²) in [5.41, 5.74) is 2.03. The molecule has 0 amide bonds. The molecule has 0 aliphatic heterocycles. The van der Waals surface area contributed by atoms with Crippen LogP contribution in [0.4, 0.5) is 5.13 Å². The van der Waals surface area contributed by atoms with Crippen LogP contribution in [-0.4, -0.2) is 29.3 Å². The number of anilines is 1. The molecule has 2 rings (SSSR count). The van der Waals surface area contributed by atoms with Gasteiger partial charge in [-0.3, -0.25) is 4.98 Å². The third-order valence-corrected chi connectivity index (χ3v) is 3.10. The van der Waals surface area contributed by atoms with E-state index in [0.717, 1.165) is 21.4 Å². The van der Waals surface area contributed by atoms with Crippen LogP contribution in [0.1, 0.15) is 5.69 Å². The molecule has 0 unspecified atom stereocenters. The van der Waals surface area contributed by atoms with Crippen molar-refractivity contribution in [2.24, 2.45) is 0 Å². The van der Waals surface area contributed by atoms with Crippen LogP contribution in [0.2, 0.25) is 0 Å². The molecule has 0 spiro atoms. The Morgan fingerprint density at radius 2 is 2.00 bits per heavy atom. The van der Waals surface area contributed by atoms with Gasteiger partial charge in [-0.15, -0.1) is 10.2 Å². The van der Waals surface area contributed by atoms with E-state index in [1.54, 1.807) is 11.3 Å². The van der Waals surface area contributed by atoms with Crippen LogP contribution in [0.25, 0.3) is 10.6 Å². The monoisotopic (exact) mass is 220 g/mol. The summed E-state index contributed by atoms with van der Waals surface area (Å²) in [6, 6.07) is 3.99. The quantitative estimate of drug-likeness (QED) is 0.776. The molecule has 4 nitrogen and oxygen atoms in total. The largest absolute Gasteiger partial charge is 0.353 e. The predicted octanol–water partition coefficient (Wildman–Crippen LogP) is 1.97. The zero-order valence-corrected chi connectivity index (χ0v) is 9.75. The molecule has 5 heteroatoms. The molecule has 2 heterocycles. The Morgan fingerprint density at radius 1 is 1.20 bits per heavy atom. The molecular formula is C10H12N4S. The minimum absolute atomic E-state index is 0.908. The summed E-state index contributed by atoms with van der Waals surface area (Å²) < 4.78 is 0. The van der Waals surface area contributed by atoms with Gasteiger partial charge in [0.15, 0.2) is 5.01 Å². The van der Waals surface area contributed by atoms with Crippen molar-refractivity contribution in [3.05, 3.63) is 24.0 Å². The Labute approximate surface area is 92.6 Å². The van der Waals surface area contributed by atoms with E-state index in [1.807, 2.05) is 44.2 Å². The first-order chi connectivity index (χ1) is 7.16. The van der Waals surface area contributed by atoms with E-state index in [0.29, 0.717) is 0 Å². The van der Waals surface area contributed by atoms with Crippen LogP contribution < -0.4 is 4.90 Å². The van der Waals surface area contributed by atoms with Crippen molar-refractivity contribution in [2.75, 3.05) is 19.0 Å². The van der Waals surface area contributed by atoms with Gasteiger partial charge < -0.3 is 4.90 Å². The summed E-state index contributed by atoms with van der Waals surface area (Å²) in [7, 11) is 3.91. The minimum Gasteiger partial charge on any atom is -0.353 e. The first kappa shape index (κ1) is 10.0. The lowest BCUT2D eigenvalue weighted by atomic mass is 10.3. The van der Waals surface area contributed by atoms with Crippen LogP contribution in [0.5, 0.6) is 0 Å². The smallest absolute Gasteiger partial charge is 0.208 e. The second-order valence-electron chi connectivity index (χ2n) is 3.47. The number of nitrogens with zero attached hydrogens (tertiary/aromatic N) is 4. The van der Waals surface area contributed by atoms with Gasteiger partial charge in [0.2, 0.25) is 5.13 Å². The number of pyridine rings is 1. The molecule has 15 heavy (non-hydrogen) atoms. The number of hydrogen-bond acceptors (Lipinski definition) is 5. The fraction of sp³-hybridized carbons (Fsp3) is 0.300. The Morgan fingerprint density at radius 3 is 2.53 bits per heavy atom. The van der Waals surface area contributed by atoms with Crippen LogP contribution in [0.15, 0.2) is 18.3 Å². The highest BCUT2D eigenvalue weighted by molar-refractivity contribution is 7.18. The number of aromatic nitrogens is 3. The maximum atomic E-state index is 4.23. The molecule has 0 aliphatic carbocycles. The first-order valence-electron chi connectivity index (χ1n) is 4.60. The van der Waals surface area contributed by atoms with E-state index in [-0.39, 0.29) is 0 Å². The second-order valence-corrected chi connectivity index (χ2v) is 4.43. The molecule has 0 saturated carbocycles. The third-order valence-electron chi connectivity index (χ3n) is 1.96. The molecular weight excluding hydrogens is 208 g/mol. The molecule has 0 N–H and O–H groups in total. The zero-order chi connectivity index (χ0) is 10.8. The Bertz CT molecular complexity index is 447. The van der Waals surface area contributed by atoms with Crippen molar-refractivity contribution >= 4 is 16.5 Å². The summed E-state index contributed by atoms with van der Waals surface area (Å²) in [4.78, 5) is 6.18. The zero-order valence-electron chi connectivity index (χ0n) is 8.93. The van der Waals surface area contributed by atoms with E-state index >= 15 is 0 Å². The van der Waals surface area contributed by atoms with Gasteiger partial charge in [-0.05, 0) is 19.1 Å². The van der Waals surface area contributed by atoms with Gasteiger partial charge in [0.1, 0.15) is 0 Å². The van der Waals surface area contributed by atoms with E-state index in [1.165, 1.54) is 0 Å². The van der Waals surface area contributed by atoms with Crippen molar-refractivity contribution in [1.29, 1.82) is 0 Å². The highest BCUT2D eigenvalue weighted by atomic mass is 32.1. The van der Waals surface area contributed by atoms with Crippen LogP contribution in [0.3, 0.4) is 0 Å². The molecule has 0 saturated heterocycles. The molecule has 0 atom stereocenters. The molecule has 0 aromatic carbocycles. The predicted molar refractivity (Wildman–Crippen MR) is 62.2 cm³/mol. The molecule has 0 aliphatic rings. The Kier molecular flexibility index (Phi) is 2.64. The van der Waals surface area contributed by atoms with Crippen molar-refractivity contribution < 1.29 is 0 Å². The average Bonchev–Trinajstić information content (AvgIpc) is 2.68. The van der Waals surface area contributed by atoms with Crippen molar-refractivity contribution in [3.63, 3.8) is 0 Å². The average molecular weight is 220 g/mol. The van der Waals surface area contributed by atoms with Gasteiger partial charge in [0.05, 0.1) is 0 Å². The first-order valence-corrected chi connectivity index (χ1v) is 5.42. The minimum atomic E-state index is 0.908. The summed E-state index contributed by atoms with van der Waals surface area (Å²) in [5, 5.41) is 10.0. The Hall–Kier alpha value is -1.49. The second kappa shape index (κ2) is 3.94. The molecule has 0 radical (unpaired) electrons. The van der Waals surface area contributed by atoms with E-state index in [2.05, 4.69) is 15.2 Å². The highest BCUT2D eigenvalue weighted by Gasteiger charge is 2.07. The summed E-state index contributed by atoms with van der Waals surface area (Å²) in [5.74, 6) is 0. The highest BCUT2D eigenvalue weighted by Crippen LogP contribution is 2.26. The fourth-order valence-electron chi connectivity index (χ4n) is 1.11. The molecule has 2 aromatic rings. The topological polar surface area (TPSA) is 41.9 Å². The van der Waals surface area contributed by atoms with Gasteiger partial charge in [-0.1, -0.05) is 11.3 Å². The van der Waals surface area contributed by atoms with E-state index in [9.17, 15) is 0 Å². The lowest BCUT2D eigenvalue weighted by molar-refractivity contribution is 1.02. The normalized spacial score (nSPS) is 10.3. The standard InChI is InChI=1S/C10H12N4S/c1-7-4-5-8(6-11-7)9-12-13-10(15-9)14(2)3/h4-6H,1-3H3. The van der Waals surface area contributed by atoms with Gasteiger partial charge in [0, 0.05) is 31.5 Å². The number of hydrogen-bond donors (Lipinski definition) is 0. The Balaban J connectivity index is 2.33.